The van der Waals surface area contributed by atoms with Gasteiger partial charge in [-0.1, -0.05) is 19.8 Å². The second-order valence-electron chi connectivity index (χ2n) is 4.74. The largest absolute Gasteiger partial charge is 0.342 e. The monoisotopic (exact) mass is 258 g/mol. The van der Waals surface area contributed by atoms with Crippen LogP contribution in [0, 0.1) is 0 Å². The van der Waals surface area contributed by atoms with E-state index in [2.05, 4.69) is 19.2 Å². The van der Waals surface area contributed by atoms with Crippen molar-refractivity contribution in [2.24, 2.45) is 0 Å². The summed E-state index contributed by atoms with van der Waals surface area (Å²) in [7, 11) is 0. The molecule has 0 saturated carbocycles. The Labute approximate surface area is 110 Å². The van der Waals surface area contributed by atoms with Gasteiger partial charge in [0.25, 0.3) is 0 Å². The van der Waals surface area contributed by atoms with Crippen LogP contribution in [-0.4, -0.2) is 48.0 Å². The first-order valence-electron chi connectivity index (χ1n) is 6.83. The quantitative estimate of drug-likeness (QED) is 0.792. The lowest BCUT2D eigenvalue weighted by Crippen LogP contribution is -2.42. The highest BCUT2D eigenvalue weighted by atomic mass is 32.2. The van der Waals surface area contributed by atoms with Gasteiger partial charge in [-0.3, -0.25) is 4.79 Å². The van der Waals surface area contributed by atoms with E-state index in [-0.39, 0.29) is 5.91 Å². The lowest BCUT2D eigenvalue weighted by atomic mass is 10.2. The van der Waals surface area contributed by atoms with Crippen molar-refractivity contribution < 1.29 is 4.79 Å². The van der Waals surface area contributed by atoms with E-state index in [9.17, 15) is 4.79 Å². The highest BCUT2D eigenvalue weighted by Gasteiger charge is 2.15. The molecule has 3 nitrogen and oxygen atoms in total. The average molecular weight is 258 g/mol. The molecule has 0 aromatic carbocycles. The molecule has 0 aromatic heterocycles. The van der Waals surface area contributed by atoms with Crippen LogP contribution in [0.1, 0.15) is 39.5 Å². The van der Waals surface area contributed by atoms with Crippen LogP contribution in [0.15, 0.2) is 0 Å². The summed E-state index contributed by atoms with van der Waals surface area (Å²) in [6, 6.07) is 0.427. The maximum absolute atomic E-state index is 12.0. The van der Waals surface area contributed by atoms with Gasteiger partial charge in [-0.2, -0.15) is 11.8 Å². The number of rotatable bonds is 6. The molecule has 1 atom stereocenters. The molecule has 1 heterocycles. The Morgan fingerprint density at radius 3 is 2.53 bits per heavy atom. The number of likely N-dealkylation sites (tertiary alicyclic amines) is 1. The van der Waals surface area contributed by atoms with Crippen molar-refractivity contribution >= 4 is 17.7 Å². The summed E-state index contributed by atoms with van der Waals surface area (Å²) in [5.74, 6) is 2.51. The smallest absolute Gasteiger partial charge is 0.236 e. The predicted octanol–water partition coefficient (Wildman–Crippen LogP) is 2.12. The molecule has 1 N–H and O–H groups in total. The lowest BCUT2D eigenvalue weighted by Gasteiger charge is -2.21. The minimum Gasteiger partial charge on any atom is -0.342 e. The minimum absolute atomic E-state index is 0.278. The van der Waals surface area contributed by atoms with Gasteiger partial charge in [-0.15, -0.1) is 0 Å². The zero-order valence-electron chi connectivity index (χ0n) is 11.2. The van der Waals surface area contributed by atoms with Crippen LogP contribution in [0.3, 0.4) is 0 Å². The van der Waals surface area contributed by atoms with E-state index in [0.717, 1.165) is 24.6 Å². The molecule has 4 heteroatoms. The molecule has 1 amide bonds. The maximum atomic E-state index is 12.0. The fourth-order valence-electron chi connectivity index (χ4n) is 2.05. The van der Waals surface area contributed by atoms with Crippen LogP contribution in [0.25, 0.3) is 0 Å². The van der Waals surface area contributed by atoms with E-state index < -0.39 is 0 Å². The van der Waals surface area contributed by atoms with Crippen LogP contribution < -0.4 is 5.32 Å². The predicted molar refractivity (Wildman–Crippen MR) is 75.5 cm³/mol. The molecule has 0 radical (unpaired) electrons. The molecule has 1 unspecified atom stereocenters. The van der Waals surface area contributed by atoms with Gasteiger partial charge in [0.05, 0.1) is 6.54 Å². The first kappa shape index (κ1) is 14.8. The highest BCUT2D eigenvalue weighted by Crippen LogP contribution is 2.09. The molecular weight excluding hydrogens is 232 g/mol. The second kappa shape index (κ2) is 8.81. The summed E-state index contributed by atoms with van der Waals surface area (Å²) >= 11 is 1.92. The molecule has 1 fully saturated rings. The number of nitrogens with zero attached hydrogens (tertiary/aromatic N) is 1. The fraction of sp³-hybridized carbons (Fsp3) is 0.923. The normalized spacial score (nSPS) is 18.8. The van der Waals surface area contributed by atoms with Gasteiger partial charge >= 0.3 is 0 Å². The third-order valence-corrected chi connectivity index (χ3v) is 4.28. The molecule has 100 valence electrons. The molecule has 0 spiro atoms. The van der Waals surface area contributed by atoms with E-state index in [1.54, 1.807) is 0 Å². The van der Waals surface area contributed by atoms with Crippen LogP contribution in [-0.2, 0) is 4.79 Å². The number of nitrogens with one attached hydrogen (secondary N) is 1. The van der Waals surface area contributed by atoms with E-state index >= 15 is 0 Å². The lowest BCUT2D eigenvalue weighted by molar-refractivity contribution is -0.130. The van der Waals surface area contributed by atoms with Crippen LogP contribution >= 0.6 is 11.8 Å². The van der Waals surface area contributed by atoms with Crippen molar-refractivity contribution in [1.82, 2.24) is 10.2 Å². The third kappa shape index (κ3) is 6.32. The maximum Gasteiger partial charge on any atom is 0.236 e. The summed E-state index contributed by atoms with van der Waals surface area (Å²) < 4.78 is 0. The summed E-state index contributed by atoms with van der Waals surface area (Å²) in [6.07, 6.45) is 4.90. The molecule has 1 saturated heterocycles. The van der Waals surface area contributed by atoms with Crippen LogP contribution in [0.4, 0.5) is 0 Å². The van der Waals surface area contributed by atoms with E-state index in [1.807, 2.05) is 16.7 Å². The Hall–Kier alpha value is -0.220. The number of hydrogen-bond acceptors (Lipinski definition) is 3. The highest BCUT2D eigenvalue weighted by molar-refractivity contribution is 7.99. The topological polar surface area (TPSA) is 32.3 Å². The molecule has 1 rings (SSSR count). The average Bonchev–Trinajstić information content (AvgIpc) is 2.62. The number of hydrogen-bond donors (Lipinski definition) is 1. The number of thioether (sulfide) groups is 1. The summed E-state index contributed by atoms with van der Waals surface area (Å²) in [5, 5.41) is 3.32. The Kier molecular flexibility index (Phi) is 7.69. The zero-order valence-corrected chi connectivity index (χ0v) is 12.0. The Morgan fingerprint density at radius 1 is 1.29 bits per heavy atom. The molecule has 1 aliphatic heterocycles. The van der Waals surface area contributed by atoms with Gasteiger partial charge in [-0.05, 0) is 25.5 Å². The van der Waals surface area contributed by atoms with Gasteiger partial charge < -0.3 is 10.2 Å². The van der Waals surface area contributed by atoms with Crippen molar-refractivity contribution in [3.05, 3.63) is 0 Å². The van der Waals surface area contributed by atoms with Gasteiger partial charge in [0.1, 0.15) is 0 Å². The van der Waals surface area contributed by atoms with Crippen molar-refractivity contribution in [1.29, 1.82) is 0 Å². The summed E-state index contributed by atoms with van der Waals surface area (Å²) in [5.41, 5.74) is 0. The fourth-order valence-corrected chi connectivity index (χ4v) is 2.75. The molecule has 0 bridgehead atoms. The minimum atomic E-state index is 0.278. The Morgan fingerprint density at radius 2 is 1.94 bits per heavy atom. The van der Waals surface area contributed by atoms with Crippen LogP contribution in [0.5, 0.6) is 0 Å². The third-order valence-electron chi connectivity index (χ3n) is 3.13. The SMILES string of the molecule is CCSCC(C)NCC(=O)N1CCCCCC1. The molecule has 0 aromatic rings. The summed E-state index contributed by atoms with van der Waals surface area (Å²) in [4.78, 5) is 14.0. The van der Waals surface area contributed by atoms with E-state index in [1.165, 1.54) is 25.7 Å². The van der Waals surface area contributed by atoms with Gasteiger partial charge in [0.2, 0.25) is 5.91 Å². The number of amides is 1. The van der Waals surface area contributed by atoms with Gasteiger partial charge in [0, 0.05) is 24.9 Å². The van der Waals surface area contributed by atoms with Crippen molar-refractivity contribution in [2.45, 2.75) is 45.6 Å². The molecule has 0 aliphatic carbocycles. The van der Waals surface area contributed by atoms with Crippen molar-refractivity contribution in [3.8, 4) is 0 Å². The Bertz CT molecular complexity index is 215. The zero-order chi connectivity index (χ0) is 12.5. The first-order chi connectivity index (χ1) is 8.24. The van der Waals surface area contributed by atoms with Gasteiger partial charge in [-0.25, -0.2) is 0 Å². The number of carbonyl (C=O) groups is 1. The van der Waals surface area contributed by atoms with Crippen LogP contribution in [0.2, 0.25) is 0 Å². The van der Waals surface area contributed by atoms with Crippen molar-refractivity contribution in [2.75, 3.05) is 31.1 Å². The van der Waals surface area contributed by atoms with E-state index in [4.69, 9.17) is 0 Å². The summed E-state index contributed by atoms with van der Waals surface area (Å²) in [6.45, 7) is 6.74. The molecule has 1 aliphatic rings. The molecule has 17 heavy (non-hydrogen) atoms. The van der Waals surface area contributed by atoms with Gasteiger partial charge in [0.15, 0.2) is 0 Å². The first-order valence-corrected chi connectivity index (χ1v) is 7.98. The second-order valence-corrected chi connectivity index (χ2v) is 6.06. The molecular formula is C13H26N2OS. The van der Waals surface area contributed by atoms with E-state index in [0.29, 0.717) is 12.6 Å². The number of carbonyl (C=O) groups excluding carboxylic acids is 1. The Balaban J connectivity index is 2.18. The van der Waals surface area contributed by atoms with Crippen molar-refractivity contribution in [3.63, 3.8) is 0 Å². The standard InChI is InChI=1S/C13H26N2OS/c1-3-17-11-12(2)14-10-13(16)15-8-6-4-5-7-9-15/h12,14H,3-11H2,1-2H3.